The van der Waals surface area contributed by atoms with Crippen molar-refractivity contribution in [1.29, 1.82) is 0 Å². The van der Waals surface area contributed by atoms with Crippen molar-refractivity contribution in [1.82, 2.24) is 4.90 Å². The fourth-order valence-corrected chi connectivity index (χ4v) is 4.50. The summed E-state index contributed by atoms with van der Waals surface area (Å²) in [7, 11) is 1.26. The predicted molar refractivity (Wildman–Crippen MR) is 120 cm³/mol. The van der Waals surface area contributed by atoms with Crippen LogP contribution in [0.25, 0.3) is 6.08 Å². The van der Waals surface area contributed by atoms with Gasteiger partial charge in [-0.05, 0) is 69.2 Å². The molecule has 156 valence electrons. The molecular formula is C20H14BrCl2NO5S. The van der Waals surface area contributed by atoms with Crippen molar-refractivity contribution in [3.8, 4) is 5.75 Å². The maximum Gasteiger partial charge on any atom is 0.343 e. The average molecular weight is 531 g/mol. The van der Waals surface area contributed by atoms with Crippen molar-refractivity contribution in [2.24, 2.45) is 0 Å². The Morgan fingerprint density at radius 2 is 1.90 bits per heavy atom. The summed E-state index contributed by atoms with van der Waals surface area (Å²) in [6.07, 6.45) is 1.58. The molecule has 0 radical (unpaired) electrons. The van der Waals surface area contributed by atoms with Gasteiger partial charge in [-0.15, -0.1) is 0 Å². The van der Waals surface area contributed by atoms with Gasteiger partial charge >= 0.3 is 5.97 Å². The standard InChI is InChI=1S/C20H14BrCl2NO5S/c1-28-17(25)10-29-18-14(21)6-12(7-15(18)23)8-16-19(26)24(20(27)30-16)9-11-2-4-13(22)5-3-11/h2-8H,9-10H2,1H3/b16-8+. The Kier molecular flexibility index (Phi) is 7.46. The minimum absolute atomic E-state index is 0.157. The Hall–Kier alpha value is -2.00. The fourth-order valence-electron chi connectivity index (χ4n) is 2.55. The van der Waals surface area contributed by atoms with Crippen LogP contribution in [0, 0.1) is 0 Å². The van der Waals surface area contributed by atoms with Crippen LogP contribution in [0.4, 0.5) is 4.79 Å². The number of methoxy groups -OCH3 is 1. The molecule has 2 aromatic carbocycles. The zero-order chi connectivity index (χ0) is 21.8. The third-order valence-corrected chi connectivity index (χ3v) is 6.04. The van der Waals surface area contributed by atoms with Gasteiger partial charge in [-0.1, -0.05) is 35.3 Å². The van der Waals surface area contributed by atoms with Gasteiger partial charge in [0.1, 0.15) is 0 Å². The molecule has 0 spiro atoms. The van der Waals surface area contributed by atoms with Gasteiger partial charge < -0.3 is 9.47 Å². The third kappa shape index (κ3) is 5.37. The Morgan fingerprint density at radius 3 is 2.53 bits per heavy atom. The monoisotopic (exact) mass is 529 g/mol. The van der Waals surface area contributed by atoms with E-state index in [0.717, 1.165) is 17.3 Å². The van der Waals surface area contributed by atoms with E-state index in [9.17, 15) is 14.4 Å². The van der Waals surface area contributed by atoms with Crippen LogP contribution in [0.15, 0.2) is 45.8 Å². The predicted octanol–water partition coefficient (Wildman–Crippen LogP) is 5.54. The van der Waals surface area contributed by atoms with Crippen molar-refractivity contribution in [3.63, 3.8) is 0 Å². The van der Waals surface area contributed by atoms with Crippen LogP contribution >= 0.6 is 50.9 Å². The first-order valence-corrected chi connectivity index (χ1v) is 10.8. The van der Waals surface area contributed by atoms with Gasteiger partial charge in [-0.3, -0.25) is 14.5 Å². The molecule has 0 saturated carbocycles. The highest BCUT2D eigenvalue weighted by molar-refractivity contribution is 9.10. The summed E-state index contributed by atoms with van der Waals surface area (Å²) in [4.78, 5) is 37.7. The van der Waals surface area contributed by atoms with E-state index in [4.69, 9.17) is 27.9 Å². The van der Waals surface area contributed by atoms with E-state index < -0.39 is 11.9 Å². The lowest BCUT2D eigenvalue weighted by molar-refractivity contribution is -0.142. The first kappa shape index (κ1) is 22.7. The summed E-state index contributed by atoms with van der Waals surface area (Å²) in [5, 5.41) is 0.457. The quantitative estimate of drug-likeness (QED) is 0.360. The number of thioether (sulfide) groups is 1. The van der Waals surface area contributed by atoms with E-state index >= 15 is 0 Å². The first-order chi connectivity index (χ1) is 14.3. The Morgan fingerprint density at radius 1 is 1.20 bits per heavy atom. The number of hydrogen-bond acceptors (Lipinski definition) is 6. The number of carbonyl (C=O) groups is 3. The van der Waals surface area contributed by atoms with Crippen molar-refractivity contribution in [2.45, 2.75) is 6.54 Å². The van der Waals surface area contributed by atoms with E-state index in [1.54, 1.807) is 42.5 Å². The Labute approximate surface area is 195 Å². The van der Waals surface area contributed by atoms with Gasteiger partial charge in [0.25, 0.3) is 11.1 Å². The maximum atomic E-state index is 12.7. The molecule has 1 aliphatic heterocycles. The molecule has 2 aromatic rings. The SMILES string of the molecule is COC(=O)COc1c(Cl)cc(/C=C2/SC(=O)N(Cc3ccc(Cl)cc3)C2=O)cc1Br. The van der Waals surface area contributed by atoms with Crippen molar-refractivity contribution in [3.05, 3.63) is 66.9 Å². The molecule has 1 heterocycles. The number of halogens is 3. The molecule has 0 N–H and O–H groups in total. The summed E-state index contributed by atoms with van der Waals surface area (Å²) in [6.45, 7) is -0.137. The van der Waals surface area contributed by atoms with Crippen LogP contribution in [-0.4, -0.2) is 35.7 Å². The number of nitrogens with zero attached hydrogens (tertiary/aromatic N) is 1. The lowest BCUT2D eigenvalue weighted by Crippen LogP contribution is -2.27. The molecule has 30 heavy (non-hydrogen) atoms. The second-order valence-corrected chi connectivity index (χ2v) is 8.76. The number of carbonyl (C=O) groups excluding carboxylic acids is 3. The van der Waals surface area contributed by atoms with Gasteiger partial charge in [-0.25, -0.2) is 4.79 Å². The van der Waals surface area contributed by atoms with Crippen LogP contribution in [0.3, 0.4) is 0 Å². The number of amides is 2. The molecule has 10 heteroatoms. The molecule has 2 amide bonds. The smallest absolute Gasteiger partial charge is 0.343 e. The molecule has 1 fully saturated rings. The normalized spacial score (nSPS) is 15.1. The van der Waals surface area contributed by atoms with Gasteiger partial charge in [0.15, 0.2) is 12.4 Å². The van der Waals surface area contributed by atoms with Crippen molar-refractivity contribution >= 4 is 74.1 Å². The number of rotatable bonds is 6. The van der Waals surface area contributed by atoms with Crippen molar-refractivity contribution < 1.29 is 23.9 Å². The highest BCUT2D eigenvalue weighted by Gasteiger charge is 2.35. The molecular weight excluding hydrogens is 517 g/mol. The number of hydrogen-bond donors (Lipinski definition) is 0. The summed E-state index contributed by atoms with van der Waals surface area (Å²) in [5.41, 5.74) is 1.38. The van der Waals surface area contributed by atoms with E-state index in [2.05, 4.69) is 20.7 Å². The summed E-state index contributed by atoms with van der Waals surface area (Å²) in [5.74, 6) is -0.662. The van der Waals surface area contributed by atoms with E-state index in [1.165, 1.54) is 12.0 Å². The molecule has 1 saturated heterocycles. The van der Waals surface area contributed by atoms with Crippen LogP contribution < -0.4 is 4.74 Å². The largest absolute Gasteiger partial charge is 0.479 e. The highest BCUT2D eigenvalue weighted by Crippen LogP contribution is 2.38. The van der Waals surface area contributed by atoms with Crippen LogP contribution in [0.5, 0.6) is 5.75 Å². The molecule has 1 aliphatic rings. The van der Waals surface area contributed by atoms with Crippen LogP contribution in [0.2, 0.25) is 10.0 Å². The molecule has 0 atom stereocenters. The number of ether oxygens (including phenoxy) is 2. The fraction of sp³-hybridized carbons (Fsp3) is 0.150. The van der Waals surface area contributed by atoms with Crippen molar-refractivity contribution in [2.75, 3.05) is 13.7 Å². The number of imide groups is 1. The van der Waals surface area contributed by atoms with E-state index in [1.807, 2.05) is 0 Å². The molecule has 0 unspecified atom stereocenters. The van der Waals surface area contributed by atoms with Gasteiger partial charge in [-0.2, -0.15) is 0 Å². The Bertz CT molecular complexity index is 1020. The minimum atomic E-state index is -0.545. The molecule has 0 aromatic heterocycles. The Balaban J connectivity index is 1.78. The molecule has 3 rings (SSSR count). The molecule has 0 aliphatic carbocycles. The third-order valence-electron chi connectivity index (χ3n) is 4.01. The second-order valence-electron chi connectivity index (χ2n) is 6.07. The highest BCUT2D eigenvalue weighted by atomic mass is 79.9. The zero-order valence-corrected chi connectivity index (χ0v) is 19.4. The van der Waals surface area contributed by atoms with Gasteiger partial charge in [0, 0.05) is 5.02 Å². The zero-order valence-electron chi connectivity index (χ0n) is 15.5. The summed E-state index contributed by atoms with van der Waals surface area (Å²) in [6, 6.07) is 10.2. The van der Waals surface area contributed by atoms with Gasteiger partial charge in [0.05, 0.1) is 28.1 Å². The topological polar surface area (TPSA) is 72.9 Å². The lowest BCUT2D eigenvalue weighted by Gasteiger charge is -2.12. The number of esters is 1. The maximum absolute atomic E-state index is 12.7. The molecule has 6 nitrogen and oxygen atoms in total. The van der Waals surface area contributed by atoms with E-state index in [0.29, 0.717) is 15.1 Å². The molecule has 0 bridgehead atoms. The lowest BCUT2D eigenvalue weighted by atomic mass is 10.2. The minimum Gasteiger partial charge on any atom is -0.479 e. The average Bonchev–Trinajstić information content (AvgIpc) is 2.96. The summed E-state index contributed by atoms with van der Waals surface area (Å²) >= 11 is 16.3. The second kappa shape index (κ2) is 9.87. The first-order valence-electron chi connectivity index (χ1n) is 8.47. The van der Waals surface area contributed by atoms with Crippen LogP contribution in [-0.2, 0) is 20.9 Å². The van der Waals surface area contributed by atoms with Gasteiger partial charge in [0.2, 0.25) is 0 Å². The summed E-state index contributed by atoms with van der Waals surface area (Å²) < 4.78 is 10.4. The number of benzene rings is 2. The van der Waals surface area contributed by atoms with E-state index in [-0.39, 0.29) is 34.1 Å². The van der Waals surface area contributed by atoms with Crippen LogP contribution in [0.1, 0.15) is 11.1 Å².